The number of sulfonamides is 1. The number of imidazole rings is 1. The summed E-state index contributed by atoms with van der Waals surface area (Å²) in [7, 11) is -0.544. The van der Waals surface area contributed by atoms with Gasteiger partial charge in [0.25, 0.3) is 0 Å². The van der Waals surface area contributed by atoms with E-state index in [1.54, 1.807) is 29.2 Å². The maximum atomic E-state index is 12.9. The Kier molecular flexibility index (Phi) is 7.76. The Balaban J connectivity index is 1.81. The van der Waals surface area contributed by atoms with Gasteiger partial charge in [0.2, 0.25) is 15.9 Å². The van der Waals surface area contributed by atoms with E-state index in [1.165, 1.54) is 29.7 Å². The summed E-state index contributed by atoms with van der Waals surface area (Å²) in [5, 5.41) is 0. The third-order valence-electron chi connectivity index (χ3n) is 5.13. The Morgan fingerprint density at radius 3 is 2.62 bits per heavy atom. The number of carbonyl (C=O) groups is 1. The fraction of sp³-hybridized carbons (Fsp3) is 0.364. The Morgan fingerprint density at radius 2 is 2.03 bits per heavy atom. The highest BCUT2D eigenvalue weighted by molar-refractivity contribution is 7.89. The van der Waals surface area contributed by atoms with Crippen molar-refractivity contribution in [3.63, 3.8) is 0 Å². The first-order valence-corrected chi connectivity index (χ1v) is 12.9. The van der Waals surface area contributed by atoms with Gasteiger partial charge < -0.3 is 9.47 Å². The van der Waals surface area contributed by atoms with E-state index < -0.39 is 10.0 Å². The lowest BCUT2D eigenvalue weighted by Gasteiger charge is -2.20. The van der Waals surface area contributed by atoms with E-state index in [4.69, 9.17) is 11.6 Å². The number of thiophene rings is 1. The molecule has 3 aromatic rings. The van der Waals surface area contributed by atoms with Gasteiger partial charge in [0.1, 0.15) is 5.82 Å². The molecule has 2 heterocycles. The van der Waals surface area contributed by atoms with Gasteiger partial charge in [-0.2, -0.15) is 0 Å². The highest BCUT2D eigenvalue weighted by atomic mass is 35.5. The van der Waals surface area contributed by atoms with Crippen molar-refractivity contribution in [3.8, 4) is 0 Å². The van der Waals surface area contributed by atoms with Gasteiger partial charge in [-0.15, -0.1) is 17.9 Å². The van der Waals surface area contributed by atoms with E-state index >= 15 is 0 Å². The number of aryl methyl sites for hydroxylation is 2. The van der Waals surface area contributed by atoms with Gasteiger partial charge in [-0.1, -0.05) is 17.7 Å². The van der Waals surface area contributed by atoms with E-state index in [0.717, 1.165) is 16.2 Å². The molecular formula is C22H27ClN4O3S2. The van der Waals surface area contributed by atoms with E-state index in [-0.39, 0.29) is 10.8 Å². The van der Waals surface area contributed by atoms with Gasteiger partial charge >= 0.3 is 0 Å². The first kappa shape index (κ1) is 24.4. The zero-order valence-corrected chi connectivity index (χ0v) is 20.8. The number of amides is 1. The first-order valence-electron chi connectivity index (χ1n) is 10.2. The molecule has 2 aromatic heterocycles. The van der Waals surface area contributed by atoms with Crippen molar-refractivity contribution in [2.24, 2.45) is 0 Å². The Bertz CT molecular complexity index is 1230. The molecule has 0 aliphatic heterocycles. The molecule has 32 heavy (non-hydrogen) atoms. The molecule has 0 atom stereocenters. The lowest BCUT2D eigenvalue weighted by atomic mass is 10.2. The molecule has 0 saturated heterocycles. The van der Waals surface area contributed by atoms with Crippen LogP contribution in [-0.2, 0) is 34.3 Å². The van der Waals surface area contributed by atoms with Crippen LogP contribution in [0.15, 0.2) is 47.9 Å². The summed E-state index contributed by atoms with van der Waals surface area (Å²) in [5.41, 5.74) is 1.46. The number of aromatic nitrogens is 2. The second-order valence-corrected chi connectivity index (χ2v) is 11.4. The second-order valence-electron chi connectivity index (χ2n) is 7.48. The molecule has 0 aliphatic rings. The van der Waals surface area contributed by atoms with Crippen LogP contribution in [0.1, 0.15) is 24.0 Å². The van der Waals surface area contributed by atoms with Crippen LogP contribution in [0.5, 0.6) is 0 Å². The molecule has 3 rings (SSSR count). The topological polar surface area (TPSA) is 75.5 Å². The average molecular weight is 495 g/mol. The minimum atomic E-state index is -3.54. The minimum absolute atomic E-state index is 0.00000576. The number of hydrogen-bond donors (Lipinski definition) is 0. The normalized spacial score (nSPS) is 11.9. The predicted octanol–water partition coefficient (Wildman–Crippen LogP) is 4.17. The van der Waals surface area contributed by atoms with E-state index in [2.05, 4.69) is 11.6 Å². The van der Waals surface area contributed by atoms with Crippen molar-refractivity contribution in [1.29, 1.82) is 0 Å². The average Bonchev–Trinajstić information content (AvgIpc) is 3.33. The SMILES string of the molecule is C=CCN(Cc1ccc(Cl)s1)C(=O)CCc1nc2cc(S(=O)(=O)N(C)C)ccc2n1CC. The molecular weight excluding hydrogens is 468 g/mol. The minimum Gasteiger partial charge on any atom is -0.334 e. The number of hydrogen-bond acceptors (Lipinski definition) is 5. The Morgan fingerprint density at radius 1 is 1.28 bits per heavy atom. The monoisotopic (exact) mass is 494 g/mol. The molecule has 172 valence electrons. The summed E-state index contributed by atoms with van der Waals surface area (Å²) in [6.45, 7) is 7.36. The fourth-order valence-corrected chi connectivity index (χ4v) is 5.51. The standard InChI is InChI=1S/C22H27ClN4O3S2/c1-5-13-26(15-16-7-10-20(23)31-16)22(28)12-11-21-24-18-14-17(32(29,30)25(3)4)8-9-19(18)27(21)6-2/h5,7-10,14H,1,6,11-13,15H2,2-4H3. The molecule has 0 radical (unpaired) electrons. The van der Waals surface area contributed by atoms with Crippen LogP contribution in [0.4, 0.5) is 0 Å². The van der Waals surface area contributed by atoms with Crippen LogP contribution in [0, 0.1) is 0 Å². The molecule has 0 aliphatic carbocycles. The Labute approximate surface area is 198 Å². The van der Waals surface area contributed by atoms with Gasteiger partial charge in [-0.05, 0) is 37.3 Å². The first-order chi connectivity index (χ1) is 15.2. The zero-order valence-electron chi connectivity index (χ0n) is 18.4. The summed E-state index contributed by atoms with van der Waals surface area (Å²) in [6.07, 6.45) is 2.45. The highest BCUT2D eigenvalue weighted by Crippen LogP contribution is 2.24. The van der Waals surface area contributed by atoms with Crippen molar-refractivity contribution < 1.29 is 13.2 Å². The number of rotatable bonds is 10. The number of fused-ring (bicyclic) bond motifs is 1. The smallest absolute Gasteiger partial charge is 0.242 e. The van der Waals surface area contributed by atoms with Crippen LogP contribution in [0.3, 0.4) is 0 Å². The van der Waals surface area contributed by atoms with Crippen molar-refractivity contribution >= 4 is 49.9 Å². The summed E-state index contributed by atoms with van der Waals surface area (Å²) >= 11 is 7.47. The van der Waals surface area contributed by atoms with Crippen LogP contribution >= 0.6 is 22.9 Å². The van der Waals surface area contributed by atoms with Crippen molar-refractivity contribution in [1.82, 2.24) is 18.8 Å². The molecule has 0 N–H and O–H groups in total. The molecule has 1 aromatic carbocycles. The zero-order chi connectivity index (χ0) is 23.5. The summed E-state index contributed by atoms with van der Waals surface area (Å²) < 4.78 is 28.8. The third-order valence-corrected chi connectivity index (χ3v) is 8.16. The molecule has 0 unspecified atom stereocenters. The number of nitrogens with zero attached hydrogens (tertiary/aromatic N) is 4. The second kappa shape index (κ2) is 10.2. The van der Waals surface area contributed by atoms with E-state index in [0.29, 0.717) is 42.3 Å². The summed E-state index contributed by atoms with van der Waals surface area (Å²) in [5.74, 6) is 0.757. The van der Waals surface area contributed by atoms with Crippen LogP contribution in [0.2, 0.25) is 4.34 Å². The van der Waals surface area contributed by atoms with Crippen molar-refractivity contribution in [2.45, 2.75) is 37.8 Å². The number of halogens is 1. The molecule has 1 amide bonds. The van der Waals surface area contributed by atoms with Crippen LogP contribution < -0.4 is 0 Å². The summed E-state index contributed by atoms with van der Waals surface area (Å²) in [4.78, 5) is 20.5. The summed E-state index contributed by atoms with van der Waals surface area (Å²) in [6, 6.07) is 8.71. The van der Waals surface area contributed by atoms with Crippen molar-refractivity contribution in [3.05, 3.63) is 58.0 Å². The van der Waals surface area contributed by atoms with Gasteiger partial charge in [-0.25, -0.2) is 17.7 Å². The lowest BCUT2D eigenvalue weighted by molar-refractivity contribution is -0.131. The van der Waals surface area contributed by atoms with Crippen molar-refractivity contribution in [2.75, 3.05) is 20.6 Å². The maximum Gasteiger partial charge on any atom is 0.242 e. The number of benzene rings is 1. The third kappa shape index (κ3) is 5.23. The molecule has 10 heteroatoms. The van der Waals surface area contributed by atoms with E-state index in [1.807, 2.05) is 23.6 Å². The molecule has 7 nitrogen and oxygen atoms in total. The van der Waals surface area contributed by atoms with Gasteiger partial charge in [0, 0.05) is 44.9 Å². The van der Waals surface area contributed by atoms with Crippen LogP contribution in [0.25, 0.3) is 11.0 Å². The molecule has 0 spiro atoms. The van der Waals surface area contributed by atoms with Gasteiger partial charge in [-0.3, -0.25) is 4.79 Å². The fourth-order valence-electron chi connectivity index (χ4n) is 3.49. The quantitative estimate of drug-likeness (QED) is 0.396. The highest BCUT2D eigenvalue weighted by Gasteiger charge is 2.20. The maximum absolute atomic E-state index is 12.9. The largest absolute Gasteiger partial charge is 0.334 e. The predicted molar refractivity (Wildman–Crippen MR) is 130 cm³/mol. The molecule has 0 bridgehead atoms. The lowest BCUT2D eigenvalue weighted by Crippen LogP contribution is -2.30. The van der Waals surface area contributed by atoms with E-state index in [9.17, 15) is 13.2 Å². The Hall–Kier alpha value is -2.20. The van der Waals surface area contributed by atoms with Gasteiger partial charge in [0.05, 0.1) is 26.8 Å². The molecule has 0 fully saturated rings. The number of carbonyl (C=O) groups excluding carboxylic acids is 1. The van der Waals surface area contributed by atoms with Crippen LogP contribution in [-0.4, -0.2) is 53.7 Å². The molecule has 0 saturated carbocycles. The van der Waals surface area contributed by atoms with Gasteiger partial charge in [0.15, 0.2) is 0 Å².